The van der Waals surface area contributed by atoms with Crippen LogP contribution in [0.1, 0.15) is 29.4 Å². The zero-order valence-corrected chi connectivity index (χ0v) is 20.7. The lowest BCUT2D eigenvalue weighted by Gasteiger charge is -2.14. The third-order valence-corrected chi connectivity index (χ3v) is 4.91. The highest BCUT2D eigenvalue weighted by Crippen LogP contribution is 2.29. The maximum absolute atomic E-state index is 12.7. The highest BCUT2D eigenvalue weighted by atomic mass is 127. The molecular formula is C23H28F3IN6. The molecule has 0 atom stereocenters. The van der Waals surface area contributed by atoms with Gasteiger partial charge in [0.2, 0.25) is 0 Å². The average Bonchev–Trinajstić information content (AvgIpc) is 3.25. The quantitative estimate of drug-likeness (QED) is 0.226. The molecule has 0 unspecified atom stereocenters. The fourth-order valence-electron chi connectivity index (χ4n) is 3.15. The van der Waals surface area contributed by atoms with Crippen molar-refractivity contribution in [2.75, 3.05) is 13.1 Å². The Labute approximate surface area is 208 Å². The summed E-state index contributed by atoms with van der Waals surface area (Å²) in [6.07, 6.45) is -1.23. The predicted octanol–water partition coefficient (Wildman–Crippen LogP) is 4.46. The summed E-state index contributed by atoms with van der Waals surface area (Å²) in [5, 5.41) is 14.6. The second-order valence-corrected chi connectivity index (χ2v) is 7.24. The molecule has 0 aliphatic carbocycles. The van der Waals surface area contributed by atoms with E-state index >= 15 is 0 Å². The van der Waals surface area contributed by atoms with Gasteiger partial charge in [-0.15, -0.1) is 34.2 Å². The van der Waals surface area contributed by atoms with Gasteiger partial charge in [-0.05, 0) is 29.7 Å². The van der Waals surface area contributed by atoms with Crippen molar-refractivity contribution in [1.82, 2.24) is 25.4 Å². The number of aliphatic imine (C=N–C) groups is 1. The number of alkyl halides is 3. The number of benzene rings is 2. The number of nitrogens with zero attached hydrogens (tertiary/aromatic N) is 4. The summed E-state index contributed by atoms with van der Waals surface area (Å²) in [5.41, 5.74) is 1.27. The van der Waals surface area contributed by atoms with Crippen LogP contribution in [0.3, 0.4) is 0 Å². The Morgan fingerprint density at radius 2 is 1.67 bits per heavy atom. The number of hydrogen-bond acceptors (Lipinski definition) is 3. The second-order valence-electron chi connectivity index (χ2n) is 7.24. The lowest BCUT2D eigenvalue weighted by atomic mass is 10.1. The Balaban J connectivity index is 0.00000385. The standard InChI is InChI=1S/C23H27F3N6.HI/c1-2-21-31-30-17-32(21)15-14-28-22(29-16-19-6-4-3-5-7-19)27-13-12-18-8-10-20(11-9-18)23(24,25)26;/h3-11,17H,2,12-16H2,1H3,(H2,27,28,29);1H. The van der Waals surface area contributed by atoms with Gasteiger partial charge in [0.1, 0.15) is 12.2 Å². The molecule has 6 nitrogen and oxygen atoms in total. The molecular weight excluding hydrogens is 544 g/mol. The van der Waals surface area contributed by atoms with Crippen molar-refractivity contribution in [2.45, 2.75) is 39.0 Å². The Morgan fingerprint density at radius 1 is 0.970 bits per heavy atom. The highest BCUT2D eigenvalue weighted by molar-refractivity contribution is 14.0. The minimum absolute atomic E-state index is 0. The monoisotopic (exact) mass is 572 g/mol. The van der Waals surface area contributed by atoms with Crippen molar-refractivity contribution >= 4 is 29.9 Å². The predicted molar refractivity (Wildman–Crippen MR) is 134 cm³/mol. The van der Waals surface area contributed by atoms with Gasteiger partial charge in [0.05, 0.1) is 12.1 Å². The molecule has 0 spiro atoms. The first-order valence-electron chi connectivity index (χ1n) is 10.5. The van der Waals surface area contributed by atoms with Crippen LogP contribution in [0.2, 0.25) is 0 Å². The average molecular weight is 572 g/mol. The summed E-state index contributed by atoms with van der Waals surface area (Å²) < 4.78 is 40.2. The van der Waals surface area contributed by atoms with E-state index in [2.05, 4.69) is 25.8 Å². The van der Waals surface area contributed by atoms with Crippen molar-refractivity contribution in [3.05, 3.63) is 83.4 Å². The Morgan fingerprint density at radius 3 is 2.33 bits per heavy atom. The minimum Gasteiger partial charge on any atom is -0.356 e. The molecule has 0 saturated carbocycles. The number of guanidine groups is 1. The van der Waals surface area contributed by atoms with Gasteiger partial charge in [-0.1, -0.05) is 49.4 Å². The van der Waals surface area contributed by atoms with E-state index in [4.69, 9.17) is 0 Å². The lowest BCUT2D eigenvalue weighted by Crippen LogP contribution is -2.40. The molecule has 3 aromatic rings. The molecule has 3 rings (SSSR count). The Kier molecular flexibility index (Phi) is 10.6. The van der Waals surface area contributed by atoms with Crippen LogP contribution in [0.25, 0.3) is 0 Å². The van der Waals surface area contributed by atoms with E-state index in [-0.39, 0.29) is 24.0 Å². The van der Waals surface area contributed by atoms with Crippen LogP contribution >= 0.6 is 24.0 Å². The molecule has 0 bridgehead atoms. The summed E-state index contributed by atoms with van der Waals surface area (Å²) in [7, 11) is 0. The van der Waals surface area contributed by atoms with Gasteiger partial charge in [-0.25, -0.2) is 4.99 Å². The molecule has 1 aromatic heterocycles. The number of nitrogens with one attached hydrogen (secondary N) is 2. The van der Waals surface area contributed by atoms with Crippen LogP contribution in [0.4, 0.5) is 13.2 Å². The first-order chi connectivity index (χ1) is 15.5. The molecule has 0 aliphatic heterocycles. The van der Waals surface area contributed by atoms with Crippen LogP contribution in [-0.4, -0.2) is 33.8 Å². The summed E-state index contributed by atoms with van der Waals surface area (Å²) in [6, 6.07) is 15.2. The van der Waals surface area contributed by atoms with E-state index in [9.17, 15) is 13.2 Å². The molecule has 0 aliphatic rings. The Hall–Kier alpha value is -2.63. The van der Waals surface area contributed by atoms with Crippen molar-refractivity contribution in [3.63, 3.8) is 0 Å². The zero-order chi connectivity index (χ0) is 22.8. The van der Waals surface area contributed by atoms with Gasteiger partial charge in [0.25, 0.3) is 0 Å². The van der Waals surface area contributed by atoms with E-state index in [1.807, 2.05) is 41.8 Å². The fraction of sp³-hybridized carbons (Fsp3) is 0.348. The number of halogens is 4. The van der Waals surface area contributed by atoms with E-state index < -0.39 is 11.7 Å². The van der Waals surface area contributed by atoms with Gasteiger partial charge < -0.3 is 15.2 Å². The molecule has 2 N–H and O–H groups in total. The normalized spacial score (nSPS) is 11.7. The molecule has 178 valence electrons. The third kappa shape index (κ3) is 8.67. The minimum atomic E-state index is -4.32. The third-order valence-electron chi connectivity index (χ3n) is 4.91. The van der Waals surface area contributed by atoms with Crippen molar-refractivity contribution in [2.24, 2.45) is 4.99 Å². The van der Waals surface area contributed by atoms with Crippen LogP contribution < -0.4 is 10.6 Å². The molecule has 0 amide bonds. The van der Waals surface area contributed by atoms with Crippen LogP contribution in [0.5, 0.6) is 0 Å². The van der Waals surface area contributed by atoms with Gasteiger partial charge in [0, 0.05) is 26.1 Å². The molecule has 10 heteroatoms. The van der Waals surface area contributed by atoms with Gasteiger partial charge in [0.15, 0.2) is 5.96 Å². The maximum Gasteiger partial charge on any atom is 0.416 e. The largest absolute Gasteiger partial charge is 0.416 e. The highest BCUT2D eigenvalue weighted by Gasteiger charge is 2.29. The van der Waals surface area contributed by atoms with Gasteiger partial charge >= 0.3 is 6.18 Å². The number of rotatable bonds is 9. The number of aromatic nitrogens is 3. The SMILES string of the molecule is CCc1nncn1CCNC(=NCc1ccccc1)NCCc1ccc(C(F)(F)F)cc1.I. The topological polar surface area (TPSA) is 67.1 Å². The van der Waals surface area contributed by atoms with E-state index in [1.165, 1.54) is 12.1 Å². The van der Waals surface area contributed by atoms with Crippen molar-refractivity contribution in [3.8, 4) is 0 Å². The first kappa shape index (κ1) is 26.6. The van der Waals surface area contributed by atoms with Crippen molar-refractivity contribution < 1.29 is 13.2 Å². The van der Waals surface area contributed by atoms with Gasteiger partial charge in [-0.2, -0.15) is 13.2 Å². The van der Waals surface area contributed by atoms with Gasteiger partial charge in [-0.3, -0.25) is 0 Å². The molecule has 0 radical (unpaired) electrons. The maximum atomic E-state index is 12.7. The van der Waals surface area contributed by atoms with Crippen LogP contribution in [0, 0.1) is 0 Å². The number of hydrogen-bond donors (Lipinski definition) is 2. The second kappa shape index (κ2) is 13.2. The molecule has 33 heavy (non-hydrogen) atoms. The summed E-state index contributed by atoms with van der Waals surface area (Å²) >= 11 is 0. The van der Waals surface area contributed by atoms with E-state index in [0.717, 1.165) is 35.5 Å². The summed E-state index contributed by atoms with van der Waals surface area (Å²) in [4.78, 5) is 4.64. The molecule has 0 saturated heterocycles. The Bertz CT molecular complexity index is 987. The number of aryl methyl sites for hydroxylation is 1. The van der Waals surface area contributed by atoms with Crippen LogP contribution in [0.15, 0.2) is 65.9 Å². The molecule has 2 aromatic carbocycles. The zero-order valence-electron chi connectivity index (χ0n) is 18.3. The lowest BCUT2D eigenvalue weighted by molar-refractivity contribution is -0.137. The molecule has 0 fully saturated rings. The van der Waals surface area contributed by atoms with Crippen LogP contribution in [-0.2, 0) is 32.1 Å². The fourth-order valence-corrected chi connectivity index (χ4v) is 3.15. The smallest absolute Gasteiger partial charge is 0.356 e. The van der Waals surface area contributed by atoms with E-state index in [1.54, 1.807) is 6.33 Å². The first-order valence-corrected chi connectivity index (χ1v) is 10.5. The van der Waals surface area contributed by atoms with E-state index in [0.29, 0.717) is 38.6 Å². The summed E-state index contributed by atoms with van der Waals surface area (Å²) in [6.45, 7) is 4.42. The summed E-state index contributed by atoms with van der Waals surface area (Å²) in [5.74, 6) is 1.57. The molecule has 1 heterocycles. The van der Waals surface area contributed by atoms with Crippen molar-refractivity contribution in [1.29, 1.82) is 0 Å².